The van der Waals surface area contributed by atoms with E-state index < -0.39 is 11.9 Å². The maximum absolute atomic E-state index is 13.0. The molecule has 184 valence electrons. The van der Waals surface area contributed by atoms with Gasteiger partial charge in [-0.2, -0.15) is 18.4 Å². The zero-order chi connectivity index (χ0) is 25.7. The molecule has 1 aliphatic carbocycles. The van der Waals surface area contributed by atoms with Crippen LogP contribution in [0, 0.1) is 11.3 Å². The van der Waals surface area contributed by atoms with Crippen molar-refractivity contribution in [1.29, 1.82) is 5.26 Å². The van der Waals surface area contributed by atoms with Crippen LogP contribution in [0.1, 0.15) is 47.0 Å². The van der Waals surface area contributed by atoms with Gasteiger partial charge >= 0.3 is 6.18 Å². The van der Waals surface area contributed by atoms with E-state index in [9.17, 15) is 18.4 Å². The summed E-state index contributed by atoms with van der Waals surface area (Å²) in [6.45, 7) is 0. The standard InChI is InChI=1S/C26H19F3N8/c1-36-13-20(26(27,28)29)33-24(36)17-6-4-15(5-7-17)11-18-3-2-10-37-25(18)34-23(35-37)21-19(12-30)31-14-32-22(21)16-8-9-16/h2-7,10,13-14,16H,8-9,11H2,1H3. The van der Waals surface area contributed by atoms with Crippen LogP contribution in [0.25, 0.3) is 28.4 Å². The molecule has 1 fully saturated rings. The van der Waals surface area contributed by atoms with Crippen LogP contribution in [0.15, 0.2) is 55.1 Å². The molecular weight excluding hydrogens is 481 g/mol. The fourth-order valence-electron chi connectivity index (χ4n) is 4.44. The molecule has 11 heteroatoms. The van der Waals surface area contributed by atoms with Gasteiger partial charge in [0.05, 0.1) is 11.3 Å². The predicted octanol–water partition coefficient (Wildman–Crippen LogP) is 4.95. The zero-order valence-electron chi connectivity index (χ0n) is 19.6. The summed E-state index contributed by atoms with van der Waals surface area (Å²) in [4.78, 5) is 17.1. The second-order valence-electron chi connectivity index (χ2n) is 9.04. The third-order valence-electron chi connectivity index (χ3n) is 6.39. The highest BCUT2D eigenvalue weighted by atomic mass is 19.4. The normalized spacial score (nSPS) is 13.7. The number of aryl methyl sites for hydroxylation is 1. The Balaban J connectivity index is 1.32. The van der Waals surface area contributed by atoms with Crippen LogP contribution in [0.4, 0.5) is 13.2 Å². The molecule has 0 bridgehead atoms. The average molecular weight is 500 g/mol. The molecule has 0 aliphatic heterocycles. The lowest BCUT2D eigenvalue weighted by molar-refractivity contribution is -0.140. The number of alkyl halides is 3. The molecule has 0 N–H and O–H groups in total. The van der Waals surface area contributed by atoms with E-state index in [-0.39, 0.29) is 11.5 Å². The minimum absolute atomic E-state index is 0.243. The van der Waals surface area contributed by atoms with Crippen molar-refractivity contribution < 1.29 is 13.2 Å². The second kappa shape index (κ2) is 8.51. The first kappa shape index (κ1) is 22.8. The van der Waals surface area contributed by atoms with Crippen molar-refractivity contribution in [3.63, 3.8) is 0 Å². The summed E-state index contributed by atoms with van der Waals surface area (Å²) >= 11 is 0. The Morgan fingerprint density at radius 2 is 1.86 bits per heavy atom. The van der Waals surface area contributed by atoms with E-state index in [2.05, 4.69) is 26.1 Å². The van der Waals surface area contributed by atoms with Crippen LogP contribution in [0.2, 0.25) is 0 Å². The minimum atomic E-state index is -4.50. The van der Waals surface area contributed by atoms with E-state index >= 15 is 0 Å². The summed E-state index contributed by atoms with van der Waals surface area (Å²) in [6, 6.07) is 13.2. The SMILES string of the molecule is Cn1cc(C(F)(F)F)nc1-c1ccc(Cc2cccn3nc(-c4c(C#N)ncnc4C4CC4)nc23)cc1. The molecule has 0 radical (unpaired) electrons. The molecule has 8 nitrogen and oxygen atoms in total. The number of hydrogen-bond acceptors (Lipinski definition) is 6. The first-order valence-electron chi connectivity index (χ1n) is 11.6. The number of halogens is 3. The quantitative estimate of drug-likeness (QED) is 0.339. The highest BCUT2D eigenvalue weighted by Gasteiger charge is 2.34. The molecule has 4 heterocycles. The second-order valence-corrected chi connectivity index (χ2v) is 9.04. The first-order valence-corrected chi connectivity index (χ1v) is 11.6. The van der Waals surface area contributed by atoms with Crippen molar-refractivity contribution in [3.05, 3.63) is 83.3 Å². The molecule has 4 aromatic heterocycles. The van der Waals surface area contributed by atoms with Gasteiger partial charge in [0.15, 0.2) is 22.9 Å². The van der Waals surface area contributed by atoms with Crippen LogP contribution in [-0.4, -0.2) is 34.1 Å². The number of aromatic nitrogens is 7. The van der Waals surface area contributed by atoms with Gasteiger partial charge in [-0.3, -0.25) is 0 Å². The third-order valence-corrected chi connectivity index (χ3v) is 6.39. The van der Waals surface area contributed by atoms with Gasteiger partial charge in [-0.25, -0.2) is 24.5 Å². The number of pyridine rings is 1. The molecule has 0 atom stereocenters. The summed E-state index contributed by atoms with van der Waals surface area (Å²) in [5.41, 5.74) is 3.83. The number of imidazole rings is 1. The van der Waals surface area contributed by atoms with Crippen molar-refractivity contribution in [2.45, 2.75) is 31.4 Å². The van der Waals surface area contributed by atoms with E-state index in [0.717, 1.165) is 35.9 Å². The lowest BCUT2D eigenvalue weighted by Crippen LogP contribution is -2.04. The molecule has 0 saturated heterocycles. The van der Waals surface area contributed by atoms with Gasteiger partial charge in [0.1, 0.15) is 18.2 Å². The summed E-state index contributed by atoms with van der Waals surface area (Å²) in [5.74, 6) is 0.950. The van der Waals surface area contributed by atoms with Crippen molar-refractivity contribution >= 4 is 5.65 Å². The van der Waals surface area contributed by atoms with Crippen molar-refractivity contribution in [2.24, 2.45) is 7.05 Å². The molecule has 1 saturated carbocycles. The van der Waals surface area contributed by atoms with Crippen LogP contribution >= 0.6 is 0 Å². The Morgan fingerprint density at radius 3 is 2.54 bits per heavy atom. The average Bonchev–Trinajstić information content (AvgIpc) is 3.51. The molecule has 37 heavy (non-hydrogen) atoms. The van der Waals surface area contributed by atoms with Gasteiger partial charge in [0, 0.05) is 42.9 Å². The Morgan fingerprint density at radius 1 is 1.08 bits per heavy atom. The minimum Gasteiger partial charge on any atom is -0.333 e. The lowest BCUT2D eigenvalue weighted by atomic mass is 10.0. The number of hydrogen-bond donors (Lipinski definition) is 0. The van der Waals surface area contributed by atoms with Crippen LogP contribution < -0.4 is 0 Å². The van der Waals surface area contributed by atoms with E-state index in [0.29, 0.717) is 34.9 Å². The molecule has 1 aliphatic rings. The van der Waals surface area contributed by atoms with E-state index in [1.54, 1.807) is 29.9 Å². The Kier molecular flexibility index (Phi) is 5.26. The summed E-state index contributed by atoms with van der Waals surface area (Å²) in [6.07, 6.45) is 2.25. The fourth-order valence-corrected chi connectivity index (χ4v) is 4.44. The summed E-state index contributed by atoms with van der Waals surface area (Å²) < 4.78 is 42.2. The molecule has 1 aromatic carbocycles. The lowest BCUT2D eigenvalue weighted by Gasteiger charge is -2.06. The summed E-state index contributed by atoms with van der Waals surface area (Å²) in [7, 11) is 1.54. The maximum Gasteiger partial charge on any atom is 0.434 e. The van der Waals surface area contributed by atoms with E-state index in [4.69, 9.17) is 4.98 Å². The van der Waals surface area contributed by atoms with Crippen molar-refractivity contribution in [3.8, 4) is 28.8 Å². The van der Waals surface area contributed by atoms with Crippen LogP contribution in [0.3, 0.4) is 0 Å². The molecule has 0 unspecified atom stereocenters. The molecule has 6 rings (SSSR count). The fraction of sp³-hybridized carbons (Fsp3) is 0.231. The smallest absolute Gasteiger partial charge is 0.333 e. The van der Waals surface area contributed by atoms with Crippen LogP contribution in [-0.2, 0) is 19.6 Å². The molecule has 0 amide bonds. The van der Waals surface area contributed by atoms with Crippen molar-refractivity contribution in [1.82, 2.24) is 34.1 Å². The highest BCUT2D eigenvalue weighted by molar-refractivity contribution is 5.68. The third kappa shape index (κ3) is 4.20. The van der Waals surface area contributed by atoms with E-state index in [1.807, 2.05) is 24.3 Å². The van der Waals surface area contributed by atoms with Gasteiger partial charge in [-0.15, -0.1) is 5.10 Å². The zero-order valence-corrected chi connectivity index (χ0v) is 19.6. The van der Waals surface area contributed by atoms with Gasteiger partial charge in [-0.1, -0.05) is 30.3 Å². The number of rotatable bonds is 5. The number of benzene rings is 1. The first-order chi connectivity index (χ1) is 17.8. The number of fused-ring (bicyclic) bond motifs is 1. The Labute approximate surface area is 209 Å². The van der Waals surface area contributed by atoms with Crippen molar-refractivity contribution in [2.75, 3.05) is 0 Å². The number of nitriles is 1. The van der Waals surface area contributed by atoms with Gasteiger partial charge in [0.2, 0.25) is 0 Å². The molecular formula is C26H19F3N8. The van der Waals surface area contributed by atoms with Crippen LogP contribution in [0.5, 0.6) is 0 Å². The summed E-state index contributed by atoms with van der Waals surface area (Å²) in [5, 5.41) is 14.3. The van der Waals surface area contributed by atoms with Gasteiger partial charge in [0.25, 0.3) is 0 Å². The largest absolute Gasteiger partial charge is 0.434 e. The molecule has 5 aromatic rings. The maximum atomic E-state index is 13.0. The predicted molar refractivity (Wildman–Crippen MR) is 127 cm³/mol. The topological polar surface area (TPSA) is 97.6 Å². The van der Waals surface area contributed by atoms with Gasteiger partial charge < -0.3 is 4.57 Å². The molecule has 0 spiro atoms. The highest BCUT2D eigenvalue weighted by Crippen LogP contribution is 2.43. The monoisotopic (exact) mass is 500 g/mol. The Bertz CT molecular complexity index is 1670. The van der Waals surface area contributed by atoms with Gasteiger partial charge in [-0.05, 0) is 24.5 Å². The Hall–Kier alpha value is -4.59. The van der Waals surface area contributed by atoms with E-state index in [1.165, 1.54) is 10.9 Å². The number of nitrogens with zero attached hydrogens (tertiary/aromatic N) is 8.